The van der Waals surface area contributed by atoms with Gasteiger partial charge in [-0.1, -0.05) is 56.1 Å². The molecule has 1 aliphatic heterocycles. The SMILES string of the molecule is CC(C)(C)C[C@@H]1C[C@@H](C(=O)NC2CCC(O)CC2)[C@H](c2ccc(Cl)cc2F)[C@]12C(=O)Nc1cc(Cl)ccc12. The Hall–Kier alpha value is -2.15. The first-order valence-corrected chi connectivity index (χ1v) is 14.2. The van der Waals surface area contributed by atoms with E-state index in [9.17, 15) is 14.7 Å². The lowest BCUT2D eigenvalue weighted by atomic mass is 9.62. The fraction of sp³-hybridized carbons (Fsp3) is 0.533. The van der Waals surface area contributed by atoms with E-state index < -0.39 is 23.1 Å². The van der Waals surface area contributed by atoms with Crippen molar-refractivity contribution in [1.82, 2.24) is 5.32 Å². The molecule has 0 unspecified atom stereocenters. The van der Waals surface area contributed by atoms with Gasteiger partial charge in [0, 0.05) is 33.6 Å². The quantitative estimate of drug-likeness (QED) is 0.394. The zero-order valence-electron chi connectivity index (χ0n) is 22.0. The number of amides is 2. The number of hydrogen-bond donors (Lipinski definition) is 3. The van der Waals surface area contributed by atoms with Crippen molar-refractivity contribution in [3.05, 3.63) is 63.4 Å². The number of fused-ring (bicyclic) bond motifs is 2. The number of aliphatic hydroxyl groups is 1. The van der Waals surface area contributed by atoms with Gasteiger partial charge >= 0.3 is 0 Å². The third kappa shape index (κ3) is 4.84. The summed E-state index contributed by atoms with van der Waals surface area (Å²) in [6.45, 7) is 6.36. The Morgan fingerprint density at radius 2 is 1.76 bits per heavy atom. The molecule has 2 saturated carbocycles. The van der Waals surface area contributed by atoms with Crippen molar-refractivity contribution in [3.8, 4) is 0 Å². The normalized spacial score (nSPS) is 30.8. The molecule has 204 valence electrons. The van der Waals surface area contributed by atoms with Crippen LogP contribution in [0.1, 0.15) is 76.3 Å². The highest BCUT2D eigenvalue weighted by Gasteiger charge is 2.66. The van der Waals surface area contributed by atoms with Crippen LogP contribution in [0.4, 0.5) is 10.1 Å². The van der Waals surface area contributed by atoms with Crippen LogP contribution in [0.2, 0.25) is 10.0 Å². The van der Waals surface area contributed by atoms with E-state index in [4.69, 9.17) is 23.2 Å². The lowest BCUT2D eigenvalue weighted by Gasteiger charge is -2.39. The summed E-state index contributed by atoms with van der Waals surface area (Å²) in [4.78, 5) is 28.2. The van der Waals surface area contributed by atoms with Gasteiger partial charge in [0.15, 0.2) is 0 Å². The summed E-state index contributed by atoms with van der Waals surface area (Å²) < 4.78 is 15.7. The molecule has 38 heavy (non-hydrogen) atoms. The van der Waals surface area contributed by atoms with E-state index in [0.717, 1.165) is 5.56 Å². The van der Waals surface area contributed by atoms with Crippen LogP contribution in [-0.4, -0.2) is 29.1 Å². The zero-order valence-corrected chi connectivity index (χ0v) is 23.5. The van der Waals surface area contributed by atoms with Gasteiger partial charge in [-0.2, -0.15) is 0 Å². The molecular formula is C30H35Cl2FN2O3. The van der Waals surface area contributed by atoms with Crippen molar-refractivity contribution in [1.29, 1.82) is 0 Å². The highest BCUT2D eigenvalue weighted by Crippen LogP contribution is 2.64. The van der Waals surface area contributed by atoms with Crippen LogP contribution in [0.25, 0.3) is 0 Å². The molecule has 0 aromatic heterocycles. The molecule has 2 aromatic rings. The molecule has 4 atom stereocenters. The molecule has 2 fully saturated rings. The van der Waals surface area contributed by atoms with Crippen molar-refractivity contribution in [3.63, 3.8) is 0 Å². The third-order valence-electron chi connectivity index (χ3n) is 8.66. The summed E-state index contributed by atoms with van der Waals surface area (Å²) in [5.74, 6) is -2.49. The number of carbonyl (C=O) groups is 2. The topological polar surface area (TPSA) is 78.4 Å². The smallest absolute Gasteiger partial charge is 0.236 e. The van der Waals surface area contributed by atoms with Crippen molar-refractivity contribution in [2.24, 2.45) is 17.3 Å². The van der Waals surface area contributed by atoms with Crippen LogP contribution < -0.4 is 10.6 Å². The van der Waals surface area contributed by atoms with Gasteiger partial charge in [-0.25, -0.2) is 4.39 Å². The molecule has 1 heterocycles. The lowest BCUT2D eigenvalue weighted by molar-refractivity contribution is -0.127. The van der Waals surface area contributed by atoms with E-state index in [-0.39, 0.29) is 40.3 Å². The van der Waals surface area contributed by atoms with Crippen LogP contribution >= 0.6 is 23.2 Å². The molecule has 2 aromatic carbocycles. The maximum absolute atomic E-state index is 15.7. The van der Waals surface area contributed by atoms with Crippen LogP contribution in [0.3, 0.4) is 0 Å². The summed E-state index contributed by atoms with van der Waals surface area (Å²) in [6.07, 6.45) is 3.44. The van der Waals surface area contributed by atoms with Crippen molar-refractivity contribution >= 4 is 40.7 Å². The number of carbonyl (C=O) groups excluding carboxylic acids is 2. The van der Waals surface area contributed by atoms with Gasteiger partial charge in [0.05, 0.1) is 11.5 Å². The number of nitrogens with one attached hydrogen (secondary N) is 2. The fourth-order valence-electron chi connectivity index (χ4n) is 7.23. The minimum absolute atomic E-state index is 0.0530. The standard InChI is InChI=1S/C30H35Cl2FN2O3/c1-29(2,3)15-16-12-22(27(37)34-19-6-8-20(36)9-7-19)26(21-10-4-17(31)13-24(21)33)30(16)23-11-5-18(32)14-25(23)35-28(30)38/h4-5,10-11,13-14,16,19-20,22,26,36H,6-9,12,15H2,1-3H3,(H,34,37)(H,35,38)/t16-,19?,20?,22+,26-,30-/m0/s1. The van der Waals surface area contributed by atoms with Gasteiger partial charge in [-0.3, -0.25) is 9.59 Å². The van der Waals surface area contributed by atoms with Crippen LogP contribution in [0.5, 0.6) is 0 Å². The molecule has 8 heteroatoms. The molecule has 3 aliphatic rings. The number of rotatable bonds is 4. The van der Waals surface area contributed by atoms with Crippen molar-refractivity contribution < 1.29 is 19.1 Å². The molecule has 2 amide bonds. The predicted octanol–water partition coefficient (Wildman–Crippen LogP) is 6.60. The third-order valence-corrected chi connectivity index (χ3v) is 9.13. The van der Waals surface area contributed by atoms with E-state index in [2.05, 4.69) is 31.4 Å². The Bertz CT molecular complexity index is 1250. The minimum atomic E-state index is -1.15. The minimum Gasteiger partial charge on any atom is -0.393 e. The molecule has 5 nitrogen and oxygen atoms in total. The summed E-state index contributed by atoms with van der Waals surface area (Å²) in [5.41, 5.74) is 0.413. The molecule has 0 bridgehead atoms. The van der Waals surface area contributed by atoms with Crippen molar-refractivity contribution in [2.45, 2.75) is 82.8 Å². The Kier molecular flexibility index (Phi) is 7.29. The van der Waals surface area contributed by atoms with Gasteiger partial charge in [-0.05, 0) is 85.3 Å². The molecule has 3 N–H and O–H groups in total. The van der Waals surface area contributed by atoms with E-state index in [1.54, 1.807) is 24.3 Å². The van der Waals surface area contributed by atoms with Gasteiger partial charge in [-0.15, -0.1) is 0 Å². The molecule has 1 spiro atoms. The average Bonchev–Trinajstić information content (AvgIpc) is 3.29. The van der Waals surface area contributed by atoms with E-state index >= 15 is 4.39 Å². The van der Waals surface area contributed by atoms with Gasteiger partial charge in [0.25, 0.3) is 0 Å². The zero-order chi connectivity index (χ0) is 27.4. The number of benzene rings is 2. The monoisotopic (exact) mass is 560 g/mol. The molecule has 0 saturated heterocycles. The summed E-state index contributed by atoms with van der Waals surface area (Å²) in [6, 6.07) is 9.80. The van der Waals surface area contributed by atoms with Gasteiger partial charge < -0.3 is 15.7 Å². The number of anilines is 1. The predicted molar refractivity (Wildman–Crippen MR) is 148 cm³/mol. The largest absolute Gasteiger partial charge is 0.393 e. The first kappa shape index (κ1) is 27.4. The Morgan fingerprint density at radius 3 is 2.42 bits per heavy atom. The van der Waals surface area contributed by atoms with Gasteiger partial charge in [0.2, 0.25) is 11.8 Å². The van der Waals surface area contributed by atoms with Crippen molar-refractivity contribution in [2.75, 3.05) is 5.32 Å². The molecule has 2 aliphatic carbocycles. The molecule has 0 radical (unpaired) electrons. The Balaban J connectivity index is 1.66. The molecule has 5 rings (SSSR count). The van der Waals surface area contributed by atoms with Crippen LogP contribution in [-0.2, 0) is 15.0 Å². The second-order valence-corrected chi connectivity index (χ2v) is 13.3. The van der Waals surface area contributed by atoms with Crippen LogP contribution in [0, 0.1) is 23.1 Å². The number of halogens is 3. The molecular weight excluding hydrogens is 526 g/mol. The number of aliphatic hydroxyl groups excluding tert-OH is 1. The Labute approximate surface area is 233 Å². The average molecular weight is 562 g/mol. The first-order chi connectivity index (χ1) is 17.9. The maximum Gasteiger partial charge on any atom is 0.236 e. The lowest BCUT2D eigenvalue weighted by Crippen LogP contribution is -2.47. The highest BCUT2D eigenvalue weighted by atomic mass is 35.5. The summed E-state index contributed by atoms with van der Waals surface area (Å²) in [5, 5.41) is 16.9. The van der Waals surface area contributed by atoms with E-state index in [0.29, 0.717) is 54.8 Å². The Morgan fingerprint density at radius 1 is 1.11 bits per heavy atom. The highest BCUT2D eigenvalue weighted by molar-refractivity contribution is 6.31. The second-order valence-electron chi connectivity index (χ2n) is 12.5. The summed E-state index contributed by atoms with van der Waals surface area (Å²) >= 11 is 12.4. The van der Waals surface area contributed by atoms with Crippen LogP contribution in [0.15, 0.2) is 36.4 Å². The summed E-state index contributed by atoms with van der Waals surface area (Å²) in [7, 11) is 0. The fourth-order valence-corrected chi connectivity index (χ4v) is 7.56. The second kappa shape index (κ2) is 10.1. The first-order valence-electron chi connectivity index (χ1n) is 13.4. The van der Waals surface area contributed by atoms with E-state index in [1.807, 2.05) is 6.07 Å². The van der Waals surface area contributed by atoms with E-state index in [1.165, 1.54) is 6.07 Å². The van der Waals surface area contributed by atoms with Gasteiger partial charge in [0.1, 0.15) is 5.82 Å². The number of hydrogen-bond acceptors (Lipinski definition) is 3. The maximum atomic E-state index is 15.7.